The summed E-state index contributed by atoms with van der Waals surface area (Å²) in [6, 6.07) is 18.6. The van der Waals surface area contributed by atoms with Crippen LogP contribution in [-0.4, -0.2) is 46.4 Å². The number of imide groups is 1. The Kier molecular flexibility index (Phi) is 9.26. The Morgan fingerprint density at radius 1 is 0.978 bits per heavy atom. The van der Waals surface area contributed by atoms with Gasteiger partial charge in [0.2, 0.25) is 11.8 Å². The zero-order valence-corrected chi connectivity index (χ0v) is 26.0. The zero-order chi connectivity index (χ0) is 33.0. The standard InChI is InChI=1S/C34H37N5O7/c1-34(2,3)46-33(44)36-17-21-4-6-22(7-5-21)20-45-26-11-9-25(10-12-26)38(32(35)43)18-23-8-13-27-24(16-23)19-39(31(27)42)28-14-15-29(40)37-30(28)41/h4-13,16,28H,14-15,17-20H2,1-3H3,(H2,35,43)(H,36,44)(H,37,40,41). The van der Waals surface area contributed by atoms with Crippen LogP contribution in [0, 0.1) is 0 Å². The molecule has 0 aliphatic carbocycles. The highest BCUT2D eigenvalue weighted by atomic mass is 16.6. The van der Waals surface area contributed by atoms with Gasteiger partial charge in [-0.3, -0.25) is 24.6 Å². The molecule has 0 aromatic heterocycles. The Bertz CT molecular complexity index is 1650. The maximum atomic E-state index is 13.0. The van der Waals surface area contributed by atoms with E-state index in [0.29, 0.717) is 30.2 Å². The summed E-state index contributed by atoms with van der Waals surface area (Å²) >= 11 is 0. The Balaban J connectivity index is 1.16. The predicted molar refractivity (Wildman–Crippen MR) is 169 cm³/mol. The molecule has 0 saturated carbocycles. The molecule has 1 fully saturated rings. The van der Waals surface area contributed by atoms with Gasteiger partial charge in [-0.25, -0.2) is 9.59 Å². The van der Waals surface area contributed by atoms with Crippen molar-refractivity contribution in [1.82, 2.24) is 15.5 Å². The first-order valence-electron chi connectivity index (χ1n) is 15.0. The summed E-state index contributed by atoms with van der Waals surface area (Å²) in [4.78, 5) is 64.1. The molecule has 2 aliphatic heterocycles. The van der Waals surface area contributed by atoms with Gasteiger partial charge in [0.15, 0.2) is 0 Å². The van der Waals surface area contributed by atoms with Crippen LogP contribution < -0.4 is 26.0 Å². The maximum absolute atomic E-state index is 13.0. The third-order valence-corrected chi connectivity index (χ3v) is 7.61. The molecule has 0 spiro atoms. The molecule has 4 N–H and O–H groups in total. The van der Waals surface area contributed by atoms with Crippen molar-refractivity contribution in [2.24, 2.45) is 5.73 Å². The second-order valence-corrected chi connectivity index (χ2v) is 12.3. The Morgan fingerprint density at radius 2 is 1.65 bits per heavy atom. The number of urea groups is 1. The number of nitrogens with zero attached hydrogens (tertiary/aromatic N) is 2. The van der Waals surface area contributed by atoms with E-state index in [9.17, 15) is 24.0 Å². The summed E-state index contributed by atoms with van der Waals surface area (Å²) < 4.78 is 11.2. The second kappa shape index (κ2) is 13.3. The van der Waals surface area contributed by atoms with Gasteiger partial charge in [0.1, 0.15) is 24.0 Å². The van der Waals surface area contributed by atoms with Gasteiger partial charge < -0.3 is 25.4 Å². The molecule has 6 amide bonds. The van der Waals surface area contributed by atoms with Crippen LogP contribution >= 0.6 is 0 Å². The number of hydrogen-bond donors (Lipinski definition) is 3. The minimum absolute atomic E-state index is 0.171. The van der Waals surface area contributed by atoms with Crippen LogP contribution in [0.5, 0.6) is 5.75 Å². The monoisotopic (exact) mass is 627 g/mol. The first-order chi connectivity index (χ1) is 21.9. The quantitative estimate of drug-likeness (QED) is 0.301. The second-order valence-electron chi connectivity index (χ2n) is 12.3. The summed E-state index contributed by atoms with van der Waals surface area (Å²) in [6.07, 6.45) is -0.00290. The van der Waals surface area contributed by atoms with Crippen molar-refractivity contribution in [3.8, 4) is 5.75 Å². The van der Waals surface area contributed by atoms with Gasteiger partial charge in [0.25, 0.3) is 5.91 Å². The molecule has 1 unspecified atom stereocenters. The molecule has 3 aromatic carbocycles. The van der Waals surface area contributed by atoms with E-state index in [0.717, 1.165) is 22.3 Å². The average Bonchev–Trinajstić information content (AvgIpc) is 3.32. The third kappa shape index (κ3) is 7.81. The minimum atomic E-state index is -0.698. The lowest BCUT2D eigenvalue weighted by atomic mass is 10.0. The molecule has 2 heterocycles. The van der Waals surface area contributed by atoms with E-state index in [1.165, 1.54) is 9.80 Å². The average molecular weight is 628 g/mol. The lowest BCUT2D eigenvalue weighted by Crippen LogP contribution is -2.52. The highest BCUT2D eigenvalue weighted by Crippen LogP contribution is 2.29. The van der Waals surface area contributed by atoms with E-state index in [4.69, 9.17) is 15.2 Å². The summed E-state index contributed by atoms with van der Waals surface area (Å²) in [5.41, 5.74) is 9.62. The van der Waals surface area contributed by atoms with E-state index >= 15 is 0 Å². The fourth-order valence-electron chi connectivity index (χ4n) is 5.34. The zero-order valence-electron chi connectivity index (χ0n) is 26.0. The molecular formula is C34H37N5O7. The summed E-state index contributed by atoms with van der Waals surface area (Å²) in [5, 5.41) is 5.03. The number of anilines is 1. The Morgan fingerprint density at radius 3 is 2.30 bits per heavy atom. The van der Waals surface area contributed by atoms with Gasteiger partial charge in [0, 0.05) is 30.8 Å². The third-order valence-electron chi connectivity index (χ3n) is 7.61. The molecule has 0 radical (unpaired) electrons. The number of ether oxygens (including phenoxy) is 2. The van der Waals surface area contributed by atoms with Crippen LogP contribution in [0.25, 0.3) is 0 Å². The van der Waals surface area contributed by atoms with Crippen molar-refractivity contribution in [3.05, 3.63) is 94.5 Å². The van der Waals surface area contributed by atoms with Crippen LogP contribution in [0.4, 0.5) is 15.3 Å². The number of amides is 6. The topological polar surface area (TPSA) is 160 Å². The van der Waals surface area contributed by atoms with Gasteiger partial charge in [-0.1, -0.05) is 36.4 Å². The molecule has 3 aromatic rings. The number of benzene rings is 3. The van der Waals surface area contributed by atoms with Crippen molar-refractivity contribution in [1.29, 1.82) is 0 Å². The molecule has 12 nitrogen and oxygen atoms in total. The van der Waals surface area contributed by atoms with Crippen LogP contribution in [-0.2, 0) is 40.6 Å². The Hall–Kier alpha value is -5.39. The molecule has 0 bridgehead atoms. The number of nitrogens with two attached hydrogens (primary N) is 1. The van der Waals surface area contributed by atoms with E-state index in [1.807, 2.05) is 51.1 Å². The largest absolute Gasteiger partial charge is 0.489 e. The number of carbonyl (C=O) groups is 5. The van der Waals surface area contributed by atoms with Crippen LogP contribution in [0.15, 0.2) is 66.7 Å². The number of carbonyl (C=O) groups excluding carboxylic acids is 5. The van der Waals surface area contributed by atoms with Crippen molar-refractivity contribution in [2.75, 3.05) is 4.90 Å². The van der Waals surface area contributed by atoms with E-state index in [-0.39, 0.29) is 37.7 Å². The Labute approximate surface area is 266 Å². The predicted octanol–water partition coefficient (Wildman–Crippen LogP) is 4.14. The van der Waals surface area contributed by atoms with Crippen LogP contribution in [0.2, 0.25) is 0 Å². The molecular weight excluding hydrogens is 590 g/mol. The molecule has 240 valence electrons. The number of alkyl carbamates (subject to hydrolysis) is 1. The number of fused-ring (bicyclic) bond motifs is 1. The normalized spacial score (nSPS) is 16.0. The van der Waals surface area contributed by atoms with Crippen LogP contribution in [0.3, 0.4) is 0 Å². The smallest absolute Gasteiger partial charge is 0.407 e. The highest BCUT2D eigenvalue weighted by Gasteiger charge is 2.39. The maximum Gasteiger partial charge on any atom is 0.407 e. The first kappa shape index (κ1) is 32.0. The van der Waals surface area contributed by atoms with E-state index < -0.39 is 29.7 Å². The van der Waals surface area contributed by atoms with Crippen molar-refractivity contribution in [3.63, 3.8) is 0 Å². The van der Waals surface area contributed by atoms with Crippen molar-refractivity contribution in [2.45, 2.75) is 71.5 Å². The highest BCUT2D eigenvalue weighted by molar-refractivity contribution is 6.05. The van der Waals surface area contributed by atoms with Gasteiger partial charge in [-0.2, -0.15) is 0 Å². The molecule has 1 saturated heterocycles. The van der Waals surface area contributed by atoms with E-state index in [2.05, 4.69) is 10.6 Å². The molecule has 46 heavy (non-hydrogen) atoms. The van der Waals surface area contributed by atoms with Gasteiger partial charge in [-0.05, 0) is 79.8 Å². The number of piperidine rings is 1. The molecule has 1 atom stereocenters. The van der Waals surface area contributed by atoms with Gasteiger partial charge in [-0.15, -0.1) is 0 Å². The van der Waals surface area contributed by atoms with Gasteiger partial charge >= 0.3 is 12.1 Å². The fourth-order valence-corrected chi connectivity index (χ4v) is 5.34. The summed E-state index contributed by atoms with van der Waals surface area (Å²) in [7, 11) is 0. The molecule has 12 heteroatoms. The lowest BCUT2D eigenvalue weighted by Gasteiger charge is -2.29. The van der Waals surface area contributed by atoms with Crippen molar-refractivity contribution < 1.29 is 33.4 Å². The van der Waals surface area contributed by atoms with Gasteiger partial charge in [0.05, 0.1) is 6.54 Å². The SMILES string of the molecule is CC(C)(C)OC(=O)NCc1ccc(COc2ccc(N(Cc3ccc4c(c3)CN(C3CCC(=O)NC3=O)C4=O)C(N)=O)cc2)cc1. The molecule has 2 aliphatic rings. The van der Waals surface area contributed by atoms with E-state index in [1.54, 1.807) is 36.4 Å². The number of hydrogen-bond acceptors (Lipinski definition) is 7. The number of nitrogens with one attached hydrogen (secondary N) is 2. The summed E-state index contributed by atoms with van der Waals surface area (Å²) in [6.45, 7) is 6.51. The fraction of sp³-hybridized carbons (Fsp3) is 0.324. The summed E-state index contributed by atoms with van der Waals surface area (Å²) in [5.74, 6) is -0.457. The molecule has 5 rings (SSSR count). The van der Waals surface area contributed by atoms with Crippen LogP contribution in [0.1, 0.15) is 66.2 Å². The number of primary amides is 1. The minimum Gasteiger partial charge on any atom is -0.489 e. The first-order valence-corrected chi connectivity index (χ1v) is 15.0. The number of rotatable bonds is 9. The lowest BCUT2D eigenvalue weighted by molar-refractivity contribution is -0.136. The van der Waals surface area contributed by atoms with Crippen molar-refractivity contribution >= 4 is 35.5 Å².